The number of aromatic nitrogens is 1. The molecule has 0 spiro atoms. The van der Waals surface area contributed by atoms with Gasteiger partial charge >= 0.3 is 6.18 Å². The van der Waals surface area contributed by atoms with E-state index in [0.717, 1.165) is 24.0 Å². The van der Waals surface area contributed by atoms with Gasteiger partial charge in [0.05, 0.1) is 11.6 Å². The number of nitrogens with two attached hydrogens (primary N) is 1. The summed E-state index contributed by atoms with van der Waals surface area (Å²) >= 11 is 5.93. The molecule has 1 heterocycles. The van der Waals surface area contributed by atoms with Crippen molar-refractivity contribution in [3.8, 4) is 0 Å². The second-order valence-corrected chi connectivity index (χ2v) is 5.00. The molecule has 112 valence electrons. The summed E-state index contributed by atoms with van der Waals surface area (Å²) in [4.78, 5) is 3.78. The molecule has 3 N–H and O–H groups in total. The van der Waals surface area contributed by atoms with E-state index in [2.05, 4.69) is 10.4 Å². The number of aryl methyl sites for hydroxylation is 1. The van der Waals surface area contributed by atoms with Gasteiger partial charge in [0.2, 0.25) is 0 Å². The van der Waals surface area contributed by atoms with Crippen LogP contribution in [0.4, 0.5) is 13.2 Å². The third-order valence-corrected chi connectivity index (χ3v) is 3.42. The predicted molar refractivity (Wildman–Crippen MR) is 74.6 cm³/mol. The van der Waals surface area contributed by atoms with Gasteiger partial charge in [0.1, 0.15) is 0 Å². The zero-order valence-electron chi connectivity index (χ0n) is 11.1. The number of benzene rings is 1. The first kappa shape index (κ1) is 15.8. The number of hydrogen-bond acceptors (Lipinski definition) is 3. The van der Waals surface area contributed by atoms with Crippen molar-refractivity contribution in [1.82, 2.24) is 10.4 Å². The number of hydrazine groups is 1. The topological polar surface area (TPSA) is 50.9 Å². The van der Waals surface area contributed by atoms with Gasteiger partial charge in [-0.25, -0.2) is 5.43 Å². The first-order valence-electron chi connectivity index (χ1n) is 6.08. The van der Waals surface area contributed by atoms with E-state index >= 15 is 0 Å². The van der Waals surface area contributed by atoms with Gasteiger partial charge in [-0.1, -0.05) is 17.7 Å². The van der Waals surface area contributed by atoms with Gasteiger partial charge in [-0.15, -0.1) is 0 Å². The van der Waals surface area contributed by atoms with Crippen molar-refractivity contribution in [3.05, 3.63) is 63.9 Å². The number of rotatable bonds is 3. The molecule has 0 aliphatic carbocycles. The number of nitrogens with zero attached hydrogens (tertiary/aromatic N) is 1. The molecule has 0 aliphatic rings. The van der Waals surface area contributed by atoms with Crippen LogP contribution in [0.25, 0.3) is 0 Å². The average Bonchev–Trinajstić information content (AvgIpc) is 2.43. The first-order valence-corrected chi connectivity index (χ1v) is 6.45. The normalized spacial score (nSPS) is 13.2. The Morgan fingerprint density at radius 3 is 2.57 bits per heavy atom. The Labute approximate surface area is 124 Å². The lowest BCUT2D eigenvalue weighted by molar-refractivity contribution is -0.138. The quantitative estimate of drug-likeness (QED) is 0.672. The zero-order chi connectivity index (χ0) is 15.6. The third kappa shape index (κ3) is 3.34. The Balaban J connectivity index is 2.60. The van der Waals surface area contributed by atoms with Crippen molar-refractivity contribution in [2.24, 2.45) is 5.84 Å². The maximum atomic E-state index is 13.1. The predicted octanol–water partition coefficient (Wildman–Crippen LogP) is 3.61. The SMILES string of the molecule is Cc1ccc(Cl)cc1C(NN)c1cnccc1C(F)(F)F. The van der Waals surface area contributed by atoms with Crippen molar-refractivity contribution >= 4 is 11.6 Å². The van der Waals surface area contributed by atoms with E-state index in [1.54, 1.807) is 25.1 Å². The van der Waals surface area contributed by atoms with Crippen LogP contribution in [0.2, 0.25) is 5.02 Å². The van der Waals surface area contributed by atoms with Crippen LogP contribution in [0.5, 0.6) is 0 Å². The van der Waals surface area contributed by atoms with Crippen LogP contribution in [-0.4, -0.2) is 4.98 Å². The van der Waals surface area contributed by atoms with Gasteiger partial charge in [0, 0.05) is 23.0 Å². The van der Waals surface area contributed by atoms with E-state index in [1.807, 2.05) is 0 Å². The Morgan fingerprint density at radius 1 is 1.24 bits per heavy atom. The van der Waals surface area contributed by atoms with Gasteiger partial charge < -0.3 is 0 Å². The van der Waals surface area contributed by atoms with E-state index < -0.39 is 17.8 Å². The van der Waals surface area contributed by atoms with Crippen molar-refractivity contribution < 1.29 is 13.2 Å². The van der Waals surface area contributed by atoms with Crippen LogP contribution in [0.15, 0.2) is 36.7 Å². The maximum absolute atomic E-state index is 13.1. The number of alkyl halides is 3. The summed E-state index contributed by atoms with van der Waals surface area (Å²) in [6.45, 7) is 1.78. The van der Waals surface area contributed by atoms with E-state index in [-0.39, 0.29) is 5.56 Å². The fraction of sp³-hybridized carbons (Fsp3) is 0.214. The zero-order valence-corrected chi connectivity index (χ0v) is 11.8. The highest BCUT2D eigenvalue weighted by atomic mass is 35.5. The second kappa shape index (κ2) is 6.01. The fourth-order valence-electron chi connectivity index (χ4n) is 2.16. The molecule has 2 rings (SSSR count). The molecule has 0 fully saturated rings. The summed E-state index contributed by atoms with van der Waals surface area (Å²) in [6, 6.07) is 5.07. The van der Waals surface area contributed by atoms with Crippen molar-refractivity contribution in [2.75, 3.05) is 0 Å². The lowest BCUT2D eigenvalue weighted by Crippen LogP contribution is -2.31. The molecule has 0 bridgehead atoms. The molecule has 0 aliphatic heterocycles. The van der Waals surface area contributed by atoms with E-state index in [9.17, 15) is 13.2 Å². The molecule has 0 saturated heterocycles. The number of nitrogens with one attached hydrogen (secondary N) is 1. The summed E-state index contributed by atoms with van der Waals surface area (Å²) in [5, 5.41) is 0.424. The molecule has 1 aromatic carbocycles. The molecule has 0 amide bonds. The van der Waals surface area contributed by atoms with Crippen molar-refractivity contribution in [3.63, 3.8) is 0 Å². The van der Waals surface area contributed by atoms with Crippen LogP contribution in [0, 0.1) is 6.92 Å². The van der Waals surface area contributed by atoms with Gasteiger partial charge in [0.15, 0.2) is 0 Å². The Kier molecular flexibility index (Phi) is 4.51. The summed E-state index contributed by atoms with van der Waals surface area (Å²) in [7, 11) is 0. The number of halogens is 4. The molecular formula is C14H13ClF3N3. The summed E-state index contributed by atoms with van der Waals surface area (Å²) in [5.41, 5.74) is 2.94. The molecule has 0 radical (unpaired) electrons. The molecule has 2 aromatic rings. The molecule has 21 heavy (non-hydrogen) atoms. The second-order valence-electron chi connectivity index (χ2n) is 4.56. The van der Waals surface area contributed by atoms with E-state index in [1.165, 1.54) is 0 Å². The molecule has 0 saturated carbocycles. The largest absolute Gasteiger partial charge is 0.416 e. The van der Waals surface area contributed by atoms with Gasteiger partial charge in [-0.05, 0) is 36.2 Å². The third-order valence-electron chi connectivity index (χ3n) is 3.19. The van der Waals surface area contributed by atoms with Crippen LogP contribution < -0.4 is 11.3 Å². The molecule has 1 aromatic heterocycles. The first-order chi connectivity index (χ1) is 9.84. The van der Waals surface area contributed by atoms with Crippen LogP contribution in [-0.2, 0) is 6.18 Å². The smallest absolute Gasteiger partial charge is 0.271 e. The van der Waals surface area contributed by atoms with Gasteiger partial charge in [-0.3, -0.25) is 10.8 Å². The van der Waals surface area contributed by atoms with Crippen LogP contribution >= 0.6 is 11.6 Å². The summed E-state index contributed by atoms with van der Waals surface area (Å²) < 4.78 is 39.4. The van der Waals surface area contributed by atoms with Crippen LogP contribution in [0.1, 0.15) is 28.3 Å². The molecule has 3 nitrogen and oxygen atoms in total. The Hall–Kier alpha value is -1.63. The number of pyridine rings is 1. The minimum atomic E-state index is -4.49. The van der Waals surface area contributed by atoms with Gasteiger partial charge in [-0.2, -0.15) is 13.2 Å². The van der Waals surface area contributed by atoms with E-state index in [4.69, 9.17) is 17.4 Å². The molecule has 1 atom stereocenters. The van der Waals surface area contributed by atoms with Gasteiger partial charge in [0.25, 0.3) is 0 Å². The standard InChI is InChI=1S/C14H13ClF3N3/c1-8-2-3-9(15)6-10(8)13(21-19)11-7-20-5-4-12(11)14(16,17)18/h2-7,13,21H,19H2,1H3. The highest BCUT2D eigenvalue weighted by Crippen LogP contribution is 2.36. The lowest BCUT2D eigenvalue weighted by Gasteiger charge is -2.22. The highest BCUT2D eigenvalue weighted by molar-refractivity contribution is 6.30. The highest BCUT2D eigenvalue weighted by Gasteiger charge is 2.35. The maximum Gasteiger partial charge on any atom is 0.416 e. The monoisotopic (exact) mass is 315 g/mol. The van der Waals surface area contributed by atoms with Crippen molar-refractivity contribution in [1.29, 1.82) is 0 Å². The minimum Gasteiger partial charge on any atom is -0.271 e. The van der Waals surface area contributed by atoms with E-state index in [0.29, 0.717) is 10.6 Å². The summed E-state index contributed by atoms with van der Waals surface area (Å²) in [6.07, 6.45) is -2.22. The lowest BCUT2D eigenvalue weighted by atomic mass is 9.93. The molecular weight excluding hydrogens is 303 g/mol. The van der Waals surface area contributed by atoms with Crippen LogP contribution in [0.3, 0.4) is 0 Å². The summed E-state index contributed by atoms with van der Waals surface area (Å²) in [5.74, 6) is 5.48. The van der Waals surface area contributed by atoms with Crippen molar-refractivity contribution in [2.45, 2.75) is 19.1 Å². The Bertz CT molecular complexity index is 644. The average molecular weight is 316 g/mol. The Morgan fingerprint density at radius 2 is 1.95 bits per heavy atom. The molecule has 7 heteroatoms. The molecule has 1 unspecified atom stereocenters. The fourth-order valence-corrected chi connectivity index (χ4v) is 2.34. The number of hydrogen-bond donors (Lipinski definition) is 2. The minimum absolute atomic E-state index is 0.0436.